The van der Waals surface area contributed by atoms with E-state index >= 15 is 0 Å². The minimum atomic E-state index is -4.84. The summed E-state index contributed by atoms with van der Waals surface area (Å²) in [6.07, 6.45) is 0. The van der Waals surface area contributed by atoms with Crippen molar-refractivity contribution in [3.8, 4) is 22.9 Å². The molecule has 0 atom stereocenters. The van der Waals surface area contributed by atoms with Crippen LogP contribution in [-0.4, -0.2) is 65.6 Å². The van der Waals surface area contributed by atoms with E-state index in [2.05, 4.69) is 30.7 Å². The van der Waals surface area contributed by atoms with E-state index < -0.39 is 85.2 Å². The maximum absolute atomic E-state index is 12.6. The molecule has 0 fully saturated rings. The third-order valence-corrected chi connectivity index (χ3v) is 9.80. The summed E-state index contributed by atoms with van der Waals surface area (Å²) in [5.41, 5.74) is -4.25. The van der Waals surface area contributed by atoms with E-state index in [0.717, 1.165) is 9.36 Å². The SMILES string of the molecule is Cc1nn(-c2cccc(Cl)c2)c(=O)[c-]1N=Nc1cc(S(=O)(=O)O)cc([N+](=O)[O-])c1O.Cc1nn(-c2cccc(Cl)c2)c(=O)[c-]1N=Nc1cc(S(=O)(=O)O)cc([N+](=O)[O-])c1O.[Cr].[Na+].[Na+].[Na+]. The van der Waals surface area contributed by atoms with Crippen LogP contribution in [0.3, 0.4) is 0 Å². The Morgan fingerprint density at radius 2 is 0.969 bits per heavy atom. The molecule has 2 heterocycles. The predicted octanol–water partition coefficient (Wildman–Crippen LogP) is -2.61. The zero-order valence-corrected chi connectivity index (χ0v) is 43.7. The van der Waals surface area contributed by atoms with E-state index in [0.29, 0.717) is 45.7 Å². The monoisotopic (exact) mass is 1020 g/mol. The molecule has 0 saturated carbocycles. The largest absolute Gasteiger partial charge is 1.00 e. The van der Waals surface area contributed by atoms with E-state index in [-0.39, 0.29) is 129 Å². The summed E-state index contributed by atoms with van der Waals surface area (Å²) in [6.45, 7) is 2.90. The average Bonchev–Trinajstić information content (AvgIpc) is 3.61. The molecule has 0 amide bonds. The molecule has 0 unspecified atom stereocenters. The summed E-state index contributed by atoms with van der Waals surface area (Å²) < 4.78 is 65.7. The number of benzene rings is 4. The van der Waals surface area contributed by atoms with Crippen molar-refractivity contribution < 1.29 is 152 Å². The van der Waals surface area contributed by atoms with Gasteiger partial charge in [-0.2, -0.15) is 27.1 Å². The number of hydrogen-bond acceptors (Lipinski definition) is 18. The quantitative estimate of drug-likeness (QED) is 0.0273. The predicted molar refractivity (Wildman–Crippen MR) is 208 cm³/mol. The number of phenolic OH excluding ortho intramolecular Hbond substituents is 2. The van der Waals surface area contributed by atoms with Gasteiger partial charge >= 0.3 is 100 Å². The van der Waals surface area contributed by atoms with Crippen molar-refractivity contribution in [1.82, 2.24) is 19.6 Å². The van der Waals surface area contributed by atoms with Gasteiger partial charge in [-0.1, -0.05) is 60.6 Å². The number of nitro groups is 2. The molecule has 318 valence electrons. The number of phenols is 2. The Morgan fingerprint density at radius 1 is 0.641 bits per heavy atom. The van der Waals surface area contributed by atoms with Crippen LogP contribution in [0, 0.1) is 34.1 Å². The number of halogens is 2. The molecule has 0 aliphatic rings. The molecule has 4 N–H and O–H groups in total. The molecule has 0 spiro atoms. The molecule has 32 heteroatoms. The first-order valence-corrected chi connectivity index (χ1v) is 19.5. The Hall–Kier alpha value is -3.57. The molecule has 0 saturated heterocycles. The van der Waals surface area contributed by atoms with Crippen LogP contribution < -0.4 is 99.8 Å². The van der Waals surface area contributed by atoms with E-state index in [4.69, 9.17) is 32.3 Å². The zero-order chi connectivity index (χ0) is 44.4. The zero-order valence-electron chi connectivity index (χ0n) is 33.3. The summed E-state index contributed by atoms with van der Waals surface area (Å²) in [6, 6.07) is 14.8. The van der Waals surface area contributed by atoms with Crippen LogP contribution >= 0.6 is 23.2 Å². The van der Waals surface area contributed by atoms with Gasteiger partial charge in [-0.3, -0.25) is 29.3 Å². The molecular formula is C32H22Cl2CrN10Na3O14S2+. The molecule has 64 heavy (non-hydrogen) atoms. The van der Waals surface area contributed by atoms with Gasteiger partial charge in [0.25, 0.3) is 20.2 Å². The second kappa shape index (κ2) is 23.8. The van der Waals surface area contributed by atoms with Crippen LogP contribution in [-0.2, 0) is 37.6 Å². The Balaban J connectivity index is 0.000000602. The maximum Gasteiger partial charge on any atom is 1.00 e. The fourth-order valence-electron chi connectivity index (χ4n) is 4.89. The smallest absolute Gasteiger partial charge is 0.501 e. The van der Waals surface area contributed by atoms with Crippen LogP contribution in [0.4, 0.5) is 34.1 Å². The Bertz CT molecular complexity index is 2960. The minimum absolute atomic E-state index is 0. The molecule has 6 aromatic rings. The molecule has 4 aromatic carbocycles. The first-order valence-electron chi connectivity index (χ1n) is 15.8. The standard InChI is InChI=1S/2C16H11ClN5O7S.Cr.3Na/c2*1-8-14(16(24)21(20-8)10-4-2-3-9(17)5-10)19-18-12-6-11(30(27,28)29)7-13(15(12)23)22(25)26;;;;/h2*2-7,23H,1H3,(H,27,28,29);;;;/q2*-1;;3*+1. The van der Waals surface area contributed by atoms with E-state index in [1.807, 2.05) is 0 Å². The van der Waals surface area contributed by atoms with Gasteiger partial charge in [-0.05, 0) is 48.5 Å². The average molecular weight is 1030 g/mol. The first-order chi connectivity index (χ1) is 28.0. The van der Waals surface area contributed by atoms with Crippen molar-refractivity contribution in [2.24, 2.45) is 20.5 Å². The van der Waals surface area contributed by atoms with Gasteiger partial charge < -0.3 is 30.0 Å². The number of rotatable bonds is 10. The van der Waals surface area contributed by atoms with Gasteiger partial charge in [0.15, 0.2) is 0 Å². The van der Waals surface area contributed by atoms with Gasteiger partial charge in [-0.15, -0.1) is 11.4 Å². The van der Waals surface area contributed by atoms with Crippen LogP contribution in [0.2, 0.25) is 10.0 Å². The van der Waals surface area contributed by atoms with Gasteiger partial charge in [-0.25, -0.2) is 19.6 Å². The number of hydrogen-bond donors (Lipinski definition) is 4. The second-order valence-electron chi connectivity index (χ2n) is 11.7. The van der Waals surface area contributed by atoms with Crippen molar-refractivity contribution in [2.45, 2.75) is 23.6 Å². The van der Waals surface area contributed by atoms with Crippen LogP contribution in [0.15, 0.2) is 113 Å². The van der Waals surface area contributed by atoms with Crippen LogP contribution in [0.1, 0.15) is 11.4 Å². The first kappa shape index (κ1) is 58.4. The van der Waals surface area contributed by atoms with E-state index in [1.165, 1.54) is 26.0 Å². The summed E-state index contributed by atoms with van der Waals surface area (Å²) in [5.74, 6) is -1.99. The Kier molecular flexibility index (Phi) is 21.7. The molecule has 0 radical (unpaired) electrons. The molecule has 6 rings (SSSR count). The van der Waals surface area contributed by atoms with Crippen LogP contribution in [0.5, 0.6) is 11.5 Å². The van der Waals surface area contributed by atoms with Gasteiger partial charge in [0.2, 0.25) is 11.5 Å². The molecule has 2 aromatic heterocycles. The molecule has 0 aliphatic carbocycles. The maximum atomic E-state index is 12.6. The Labute approximate surface area is 446 Å². The van der Waals surface area contributed by atoms with Gasteiger partial charge in [0, 0.05) is 39.5 Å². The Morgan fingerprint density at radius 3 is 1.25 bits per heavy atom. The number of aromatic nitrogens is 4. The number of nitro benzene ring substituents is 2. The normalized spacial score (nSPS) is 11.1. The molecule has 0 bridgehead atoms. The molecular weight excluding hydrogens is 1000 g/mol. The number of azo groups is 2. The van der Waals surface area contributed by atoms with Crippen LogP contribution in [0.25, 0.3) is 11.4 Å². The third kappa shape index (κ3) is 13.7. The molecule has 24 nitrogen and oxygen atoms in total. The fourth-order valence-corrected chi connectivity index (χ4v) is 6.30. The summed E-state index contributed by atoms with van der Waals surface area (Å²) in [7, 11) is -9.68. The fraction of sp³-hybridized carbons (Fsp3) is 0.0625. The van der Waals surface area contributed by atoms with Crippen molar-refractivity contribution >= 4 is 77.6 Å². The van der Waals surface area contributed by atoms with Crippen molar-refractivity contribution in [2.75, 3.05) is 0 Å². The number of aryl methyl sites for hydroxylation is 2. The third-order valence-electron chi connectivity index (χ3n) is 7.67. The van der Waals surface area contributed by atoms with E-state index in [9.17, 15) is 56.9 Å². The van der Waals surface area contributed by atoms with Gasteiger partial charge in [0.05, 0.1) is 21.2 Å². The summed E-state index contributed by atoms with van der Waals surface area (Å²) in [4.78, 5) is 43.4. The van der Waals surface area contributed by atoms with Crippen molar-refractivity contribution in [3.63, 3.8) is 0 Å². The molecule has 0 aliphatic heterocycles. The topological polar surface area (TPSA) is 355 Å². The summed E-state index contributed by atoms with van der Waals surface area (Å²) >= 11 is 11.8. The summed E-state index contributed by atoms with van der Waals surface area (Å²) in [5, 5.41) is 65.3. The van der Waals surface area contributed by atoms with Crippen molar-refractivity contribution in [3.05, 3.63) is 135 Å². The van der Waals surface area contributed by atoms with Gasteiger partial charge in [0.1, 0.15) is 32.3 Å². The number of aromatic hydroxyl groups is 2. The van der Waals surface area contributed by atoms with Crippen molar-refractivity contribution in [1.29, 1.82) is 0 Å². The number of nitrogens with zero attached hydrogens (tertiary/aromatic N) is 10. The second-order valence-corrected chi connectivity index (χ2v) is 15.5. The van der Waals surface area contributed by atoms with E-state index in [1.54, 1.807) is 36.4 Å². The minimum Gasteiger partial charge on any atom is -0.501 e.